The second-order valence-corrected chi connectivity index (χ2v) is 9.79. The zero-order chi connectivity index (χ0) is 25.2. The summed E-state index contributed by atoms with van der Waals surface area (Å²) in [6, 6.07) is 19.8. The van der Waals surface area contributed by atoms with Crippen molar-refractivity contribution in [1.29, 1.82) is 0 Å². The van der Waals surface area contributed by atoms with E-state index >= 15 is 0 Å². The van der Waals surface area contributed by atoms with E-state index in [4.69, 9.17) is 21.1 Å². The largest absolute Gasteiger partial charge is 0.481 e. The Labute approximate surface area is 216 Å². The van der Waals surface area contributed by atoms with E-state index in [1.807, 2.05) is 42.5 Å². The average Bonchev–Trinajstić information content (AvgIpc) is 3.26. The highest BCUT2D eigenvalue weighted by Gasteiger charge is 2.69. The Morgan fingerprint density at radius 3 is 2.49 bits per heavy atom. The minimum Gasteiger partial charge on any atom is -0.481 e. The number of aromatic nitrogens is 1. The minimum atomic E-state index is -2.21. The van der Waals surface area contributed by atoms with Gasteiger partial charge in [0.05, 0.1) is 19.2 Å². The molecule has 0 spiro atoms. The Bertz CT molecular complexity index is 1170. The summed E-state index contributed by atoms with van der Waals surface area (Å²) in [6.07, 6.45) is -0.924. The van der Waals surface area contributed by atoms with Gasteiger partial charge in [-0.2, -0.15) is 0 Å². The fourth-order valence-corrected chi connectivity index (χ4v) is 5.63. The van der Waals surface area contributed by atoms with Crippen LogP contribution in [0.5, 0.6) is 11.6 Å². The van der Waals surface area contributed by atoms with Gasteiger partial charge in [-0.15, -0.1) is 0 Å². The molecule has 0 amide bonds. The Balaban J connectivity index is 0.000000431. The molecule has 2 aliphatic rings. The van der Waals surface area contributed by atoms with Gasteiger partial charge >= 0.3 is 0 Å². The number of nitrogens with zero attached hydrogens (tertiary/aromatic N) is 1. The predicted molar refractivity (Wildman–Crippen MR) is 134 cm³/mol. The van der Waals surface area contributed by atoms with Crippen LogP contribution >= 0.6 is 27.5 Å². The Hall–Kier alpha value is -2.26. The van der Waals surface area contributed by atoms with E-state index in [2.05, 4.69) is 38.4 Å². The molecule has 2 aromatic carbocycles. The second kappa shape index (κ2) is 10.4. The molecule has 0 radical (unpaired) electrons. The van der Waals surface area contributed by atoms with E-state index in [1.54, 1.807) is 6.07 Å². The smallest absolute Gasteiger partial charge is 0.250 e. The summed E-state index contributed by atoms with van der Waals surface area (Å²) in [5.41, 5.74) is 0.309. The molecular formula is C26H26BrClF2N2O3. The van der Waals surface area contributed by atoms with Crippen molar-refractivity contribution in [3.05, 3.63) is 87.0 Å². The van der Waals surface area contributed by atoms with E-state index < -0.39 is 17.6 Å². The van der Waals surface area contributed by atoms with Gasteiger partial charge in [0, 0.05) is 16.5 Å². The fourth-order valence-electron chi connectivity index (χ4n) is 5.19. The summed E-state index contributed by atoms with van der Waals surface area (Å²) in [7, 11) is 3.03. The van der Waals surface area contributed by atoms with Crippen LogP contribution in [0.15, 0.2) is 65.1 Å². The van der Waals surface area contributed by atoms with Crippen LogP contribution in [0, 0.1) is 0 Å². The summed E-state index contributed by atoms with van der Waals surface area (Å²) in [5.74, 6) is 0.779. The van der Waals surface area contributed by atoms with Crippen molar-refractivity contribution < 1.29 is 23.4 Å². The lowest BCUT2D eigenvalue weighted by atomic mass is 9.72. The van der Waals surface area contributed by atoms with Crippen LogP contribution in [0.25, 0.3) is 0 Å². The molecule has 1 aliphatic carbocycles. The van der Waals surface area contributed by atoms with E-state index in [0.29, 0.717) is 23.6 Å². The maximum Gasteiger partial charge on any atom is 0.250 e. The third kappa shape index (κ3) is 4.53. The molecule has 3 aromatic rings. The van der Waals surface area contributed by atoms with E-state index in [1.165, 1.54) is 14.2 Å². The molecule has 2 N–H and O–H groups in total. The van der Waals surface area contributed by atoms with Crippen molar-refractivity contribution in [2.75, 3.05) is 20.7 Å². The summed E-state index contributed by atoms with van der Waals surface area (Å²) in [5, 5.41) is 14.8. The standard InChI is InChI=1S/C23H19BrClNO3.C3H7F2N/c1-28-21-20-18(13-19(25)26-21)29-23(15-7-9-16(24)10-8-15)17(11-12-22(20,23)27)14-5-3-2-4-6-14;1-6-2-3(4)5/h2-10,13,17,27H,11-12H2,1H3;3,6H,2H2,1H3. The van der Waals surface area contributed by atoms with Gasteiger partial charge in [-0.3, -0.25) is 0 Å². The highest BCUT2D eigenvalue weighted by Crippen LogP contribution is 2.68. The predicted octanol–water partition coefficient (Wildman–Crippen LogP) is 6.03. The van der Waals surface area contributed by atoms with E-state index in [9.17, 15) is 13.9 Å². The third-order valence-corrected chi connectivity index (χ3v) is 7.25. The molecule has 186 valence electrons. The number of rotatable bonds is 5. The van der Waals surface area contributed by atoms with E-state index in [-0.39, 0.29) is 17.6 Å². The van der Waals surface area contributed by atoms with Crippen LogP contribution in [-0.4, -0.2) is 37.2 Å². The first-order valence-electron chi connectivity index (χ1n) is 11.2. The molecule has 35 heavy (non-hydrogen) atoms. The van der Waals surface area contributed by atoms with Gasteiger partial charge in [-0.25, -0.2) is 13.8 Å². The van der Waals surface area contributed by atoms with E-state index in [0.717, 1.165) is 22.0 Å². The number of hydrogen-bond donors (Lipinski definition) is 2. The zero-order valence-corrected chi connectivity index (χ0v) is 21.6. The van der Waals surface area contributed by atoms with Gasteiger partial charge in [-0.1, -0.05) is 70.0 Å². The van der Waals surface area contributed by atoms with Crippen molar-refractivity contribution >= 4 is 27.5 Å². The molecule has 1 saturated carbocycles. The number of hydrogen-bond acceptors (Lipinski definition) is 5. The number of halogens is 4. The SMILES string of the molecule is CNCC(F)F.COc1nc(Cl)cc2c1C1(O)CCC(c3ccccc3)C1(c1ccc(Br)cc1)O2. The molecule has 5 nitrogen and oxygen atoms in total. The van der Waals surface area contributed by atoms with Gasteiger partial charge in [0.15, 0.2) is 5.60 Å². The first-order chi connectivity index (χ1) is 16.8. The van der Waals surface area contributed by atoms with Crippen LogP contribution in [0.3, 0.4) is 0 Å². The highest BCUT2D eigenvalue weighted by molar-refractivity contribution is 9.10. The lowest BCUT2D eigenvalue weighted by molar-refractivity contribution is -0.106. The molecule has 1 fully saturated rings. The number of nitrogens with one attached hydrogen (secondary N) is 1. The number of alkyl halides is 2. The van der Waals surface area contributed by atoms with Gasteiger partial charge < -0.3 is 19.9 Å². The molecule has 0 bridgehead atoms. The maximum absolute atomic E-state index is 12.2. The molecule has 5 rings (SSSR count). The minimum absolute atomic E-state index is 0.0502. The van der Waals surface area contributed by atoms with Gasteiger partial charge in [0.25, 0.3) is 6.43 Å². The first-order valence-corrected chi connectivity index (χ1v) is 12.3. The Morgan fingerprint density at radius 2 is 1.91 bits per heavy atom. The number of fused-ring (bicyclic) bond motifs is 3. The zero-order valence-electron chi connectivity index (χ0n) is 19.3. The normalized spacial score (nSPS) is 24.3. The van der Waals surface area contributed by atoms with Crippen LogP contribution in [0.4, 0.5) is 8.78 Å². The van der Waals surface area contributed by atoms with Crippen LogP contribution in [0.1, 0.15) is 35.4 Å². The van der Waals surface area contributed by atoms with Gasteiger partial charge in [-0.05, 0) is 43.1 Å². The Morgan fingerprint density at radius 1 is 1.23 bits per heavy atom. The van der Waals surface area contributed by atoms with Crippen LogP contribution in [0.2, 0.25) is 5.15 Å². The molecule has 2 heterocycles. The van der Waals surface area contributed by atoms with Crippen molar-refractivity contribution in [2.24, 2.45) is 0 Å². The number of benzene rings is 2. The lowest BCUT2D eigenvalue weighted by Crippen LogP contribution is -2.48. The van der Waals surface area contributed by atoms with Crippen LogP contribution < -0.4 is 14.8 Å². The average molecular weight is 568 g/mol. The van der Waals surface area contributed by atoms with Crippen molar-refractivity contribution in [1.82, 2.24) is 10.3 Å². The van der Waals surface area contributed by atoms with Gasteiger partial charge in [0.1, 0.15) is 16.5 Å². The molecule has 1 aliphatic heterocycles. The molecule has 1 aromatic heterocycles. The monoisotopic (exact) mass is 566 g/mol. The number of methoxy groups -OCH3 is 1. The lowest BCUT2D eigenvalue weighted by Gasteiger charge is -2.40. The highest BCUT2D eigenvalue weighted by atomic mass is 79.9. The fraction of sp³-hybridized carbons (Fsp3) is 0.346. The number of ether oxygens (including phenoxy) is 2. The maximum atomic E-state index is 12.2. The molecule has 9 heteroatoms. The quantitative estimate of drug-likeness (QED) is 0.369. The summed E-state index contributed by atoms with van der Waals surface area (Å²) >= 11 is 9.72. The van der Waals surface area contributed by atoms with Crippen molar-refractivity contribution in [2.45, 2.75) is 36.4 Å². The third-order valence-electron chi connectivity index (χ3n) is 6.53. The first kappa shape index (κ1) is 25.8. The number of pyridine rings is 1. The molecule has 0 saturated heterocycles. The number of aliphatic hydroxyl groups is 1. The summed E-state index contributed by atoms with van der Waals surface area (Å²) in [4.78, 5) is 4.30. The summed E-state index contributed by atoms with van der Waals surface area (Å²) < 4.78 is 35.1. The molecule has 3 atom stereocenters. The van der Waals surface area contributed by atoms with Crippen molar-refractivity contribution in [3.63, 3.8) is 0 Å². The molecule has 3 unspecified atom stereocenters. The van der Waals surface area contributed by atoms with Crippen molar-refractivity contribution in [3.8, 4) is 11.6 Å². The van der Waals surface area contributed by atoms with Gasteiger partial charge in [0.2, 0.25) is 5.88 Å². The second-order valence-electron chi connectivity index (χ2n) is 8.48. The Kier molecular flexibility index (Phi) is 7.66. The van der Waals surface area contributed by atoms with Crippen LogP contribution in [-0.2, 0) is 11.2 Å². The molecular weight excluding hydrogens is 542 g/mol. The topological polar surface area (TPSA) is 63.6 Å². The summed E-state index contributed by atoms with van der Waals surface area (Å²) in [6.45, 7) is -0.208.